The molecule has 0 spiro atoms. The number of hydrogen-bond donors (Lipinski definition) is 0. The SMILES string of the molecule is O=[N+]([O-])c1cc(Cl)c([N+](=O)[O-])c([N+](=O)[O-])c1[N+](=O)[O-]. The maximum absolute atomic E-state index is 10.7. The van der Waals surface area contributed by atoms with E-state index < -0.39 is 47.5 Å². The highest BCUT2D eigenvalue weighted by Gasteiger charge is 2.46. The number of nitrogens with zero attached hydrogens (tertiary/aromatic N) is 4. The molecule has 0 bridgehead atoms. The molecular weight excluding hydrogens is 292 g/mol. The van der Waals surface area contributed by atoms with E-state index in [2.05, 4.69) is 0 Å². The highest BCUT2D eigenvalue weighted by molar-refractivity contribution is 6.33. The third kappa shape index (κ3) is 2.37. The van der Waals surface area contributed by atoms with Crippen LogP contribution in [0.3, 0.4) is 0 Å². The lowest BCUT2D eigenvalue weighted by atomic mass is 10.2. The Balaban J connectivity index is 3.98. The first-order chi connectivity index (χ1) is 8.68. The van der Waals surface area contributed by atoms with Gasteiger partial charge in [0.1, 0.15) is 5.02 Å². The van der Waals surface area contributed by atoms with Crippen LogP contribution in [0.15, 0.2) is 6.07 Å². The van der Waals surface area contributed by atoms with Gasteiger partial charge in [0.05, 0.1) is 19.7 Å². The first kappa shape index (κ1) is 14.2. The molecule has 0 heterocycles. The number of nitro benzene ring substituents is 4. The van der Waals surface area contributed by atoms with Crippen LogP contribution in [-0.4, -0.2) is 19.7 Å². The second-order valence-corrected chi connectivity index (χ2v) is 3.36. The Kier molecular flexibility index (Phi) is 3.56. The standard InChI is InChI=1S/C6HClN4O8/c7-2-1-3(8(12)13)5(10(16)17)6(11(18)19)4(2)9(14)15/h1H. The molecule has 0 N–H and O–H groups in total. The number of hydrogen-bond acceptors (Lipinski definition) is 8. The van der Waals surface area contributed by atoms with E-state index in [0.717, 1.165) is 0 Å². The van der Waals surface area contributed by atoms with Gasteiger partial charge < -0.3 is 0 Å². The molecule has 0 saturated carbocycles. The maximum Gasteiger partial charge on any atom is 0.431 e. The summed E-state index contributed by atoms with van der Waals surface area (Å²) in [6, 6.07) is 0.324. The zero-order valence-electron chi connectivity index (χ0n) is 8.51. The molecule has 19 heavy (non-hydrogen) atoms. The Bertz CT molecular complexity index is 628. The van der Waals surface area contributed by atoms with Crippen molar-refractivity contribution in [2.75, 3.05) is 0 Å². The van der Waals surface area contributed by atoms with Gasteiger partial charge in [0, 0.05) is 6.07 Å². The average molecular weight is 293 g/mol. The lowest BCUT2D eigenvalue weighted by Gasteiger charge is -1.99. The molecular formula is C6HClN4O8. The van der Waals surface area contributed by atoms with E-state index in [1.165, 1.54) is 0 Å². The van der Waals surface area contributed by atoms with Gasteiger partial charge in [0.15, 0.2) is 0 Å². The fourth-order valence-electron chi connectivity index (χ4n) is 1.27. The summed E-state index contributed by atoms with van der Waals surface area (Å²) in [6.07, 6.45) is 0. The summed E-state index contributed by atoms with van der Waals surface area (Å²) in [5, 5.41) is 41.6. The fraction of sp³-hybridized carbons (Fsp3) is 0. The Morgan fingerprint density at radius 3 is 1.47 bits per heavy atom. The van der Waals surface area contributed by atoms with Crippen LogP contribution in [0.2, 0.25) is 5.02 Å². The zero-order chi connectivity index (χ0) is 14.9. The molecule has 100 valence electrons. The van der Waals surface area contributed by atoms with Crippen LogP contribution in [0.25, 0.3) is 0 Å². The first-order valence-electron chi connectivity index (χ1n) is 4.12. The van der Waals surface area contributed by atoms with Crippen LogP contribution in [0.4, 0.5) is 22.7 Å². The number of benzene rings is 1. The molecule has 1 rings (SSSR count). The van der Waals surface area contributed by atoms with Crippen LogP contribution in [0, 0.1) is 40.5 Å². The monoisotopic (exact) mass is 292 g/mol. The van der Waals surface area contributed by atoms with Gasteiger partial charge in [-0.05, 0) is 0 Å². The van der Waals surface area contributed by atoms with Gasteiger partial charge in [-0.2, -0.15) is 0 Å². The summed E-state index contributed by atoms with van der Waals surface area (Å²) in [6.45, 7) is 0. The molecule has 0 unspecified atom stereocenters. The van der Waals surface area contributed by atoms with Crippen LogP contribution >= 0.6 is 11.6 Å². The quantitative estimate of drug-likeness (QED) is 0.597. The summed E-state index contributed by atoms with van der Waals surface area (Å²) in [5.74, 6) is 0. The van der Waals surface area contributed by atoms with Gasteiger partial charge in [-0.15, -0.1) is 0 Å². The third-order valence-corrected chi connectivity index (χ3v) is 2.21. The molecule has 12 nitrogen and oxygen atoms in total. The predicted molar refractivity (Wildman–Crippen MR) is 58.1 cm³/mol. The number of nitro groups is 4. The van der Waals surface area contributed by atoms with Crippen LogP contribution in [0.1, 0.15) is 0 Å². The lowest BCUT2D eigenvalue weighted by molar-refractivity contribution is -0.451. The van der Waals surface area contributed by atoms with E-state index in [-0.39, 0.29) is 0 Å². The lowest BCUT2D eigenvalue weighted by Crippen LogP contribution is -2.05. The predicted octanol–water partition coefficient (Wildman–Crippen LogP) is 1.97. The Labute approximate surface area is 106 Å². The smallest absolute Gasteiger partial charge is 0.258 e. The summed E-state index contributed by atoms with van der Waals surface area (Å²) >= 11 is 5.32. The molecule has 0 aromatic heterocycles. The minimum absolute atomic E-state index is 0.324. The van der Waals surface area contributed by atoms with Crippen molar-refractivity contribution in [3.8, 4) is 0 Å². The molecule has 1 aromatic carbocycles. The summed E-state index contributed by atoms with van der Waals surface area (Å²) in [4.78, 5) is 37.1. The van der Waals surface area contributed by atoms with Crippen molar-refractivity contribution in [1.29, 1.82) is 0 Å². The molecule has 0 saturated heterocycles. The molecule has 0 aliphatic heterocycles. The highest BCUT2D eigenvalue weighted by atomic mass is 35.5. The van der Waals surface area contributed by atoms with Gasteiger partial charge in [-0.1, -0.05) is 11.6 Å². The Morgan fingerprint density at radius 2 is 1.16 bits per heavy atom. The summed E-state index contributed by atoms with van der Waals surface area (Å²) in [7, 11) is 0. The van der Waals surface area contributed by atoms with E-state index in [0.29, 0.717) is 6.07 Å². The third-order valence-electron chi connectivity index (χ3n) is 1.93. The fourth-order valence-corrected chi connectivity index (χ4v) is 1.53. The van der Waals surface area contributed by atoms with Crippen LogP contribution in [-0.2, 0) is 0 Å². The molecule has 0 amide bonds. The van der Waals surface area contributed by atoms with Gasteiger partial charge in [-0.3, -0.25) is 40.5 Å². The van der Waals surface area contributed by atoms with Crippen molar-refractivity contribution in [1.82, 2.24) is 0 Å². The van der Waals surface area contributed by atoms with Crippen LogP contribution in [0.5, 0.6) is 0 Å². The molecule has 0 aliphatic carbocycles. The second-order valence-electron chi connectivity index (χ2n) is 2.95. The van der Waals surface area contributed by atoms with Crippen molar-refractivity contribution in [3.63, 3.8) is 0 Å². The van der Waals surface area contributed by atoms with Gasteiger partial charge in [0.2, 0.25) is 0 Å². The molecule has 0 radical (unpaired) electrons. The van der Waals surface area contributed by atoms with Crippen molar-refractivity contribution < 1.29 is 19.7 Å². The van der Waals surface area contributed by atoms with E-state index in [1.807, 2.05) is 0 Å². The van der Waals surface area contributed by atoms with Crippen molar-refractivity contribution in [2.45, 2.75) is 0 Å². The van der Waals surface area contributed by atoms with E-state index in [4.69, 9.17) is 11.6 Å². The van der Waals surface area contributed by atoms with Gasteiger partial charge in [-0.25, -0.2) is 0 Å². The molecule has 0 fully saturated rings. The average Bonchev–Trinajstić information content (AvgIpc) is 2.25. The normalized spacial score (nSPS) is 9.95. The molecule has 1 aromatic rings. The van der Waals surface area contributed by atoms with Gasteiger partial charge in [0.25, 0.3) is 0 Å². The molecule has 0 aliphatic rings. The van der Waals surface area contributed by atoms with Crippen molar-refractivity contribution in [3.05, 3.63) is 51.5 Å². The highest BCUT2D eigenvalue weighted by Crippen LogP contribution is 2.46. The minimum atomic E-state index is -1.63. The molecule has 13 heteroatoms. The Morgan fingerprint density at radius 1 is 0.737 bits per heavy atom. The van der Waals surface area contributed by atoms with Crippen molar-refractivity contribution >= 4 is 34.4 Å². The summed E-state index contributed by atoms with van der Waals surface area (Å²) < 4.78 is 0. The van der Waals surface area contributed by atoms with Gasteiger partial charge >= 0.3 is 22.7 Å². The van der Waals surface area contributed by atoms with E-state index in [1.54, 1.807) is 0 Å². The number of halogens is 1. The minimum Gasteiger partial charge on any atom is -0.258 e. The van der Waals surface area contributed by atoms with E-state index >= 15 is 0 Å². The first-order valence-corrected chi connectivity index (χ1v) is 4.50. The zero-order valence-corrected chi connectivity index (χ0v) is 9.27. The van der Waals surface area contributed by atoms with E-state index in [9.17, 15) is 40.5 Å². The van der Waals surface area contributed by atoms with Crippen LogP contribution < -0.4 is 0 Å². The van der Waals surface area contributed by atoms with Crippen molar-refractivity contribution in [2.24, 2.45) is 0 Å². The largest absolute Gasteiger partial charge is 0.431 e. The molecule has 0 atom stereocenters. The maximum atomic E-state index is 10.7. The topological polar surface area (TPSA) is 173 Å². The Hall–Kier alpha value is -2.89. The number of rotatable bonds is 4. The second kappa shape index (κ2) is 4.77. The summed E-state index contributed by atoms with van der Waals surface area (Å²) in [5.41, 5.74) is -5.89.